The van der Waals surface area contributed by atoms with Gasteiger partial charge in [-0.3, -0.25) is 4.79 Å². The van der Waals surface area contributed by atoms with E-state index >= 15 is 0 Å². The molecule has 12 N–H and O–H groups in total. The second kappa shape index (κ2) is 30.6. The molecule has 0 aromatic heterocycles. The molecular weight excluding hydrogens is 1180 g/mol. The number of phenolic OH excluding ortho intramolecular Hbond substituents is 3. The molecule has 480 valence electrons. The van der Waals surface area contributed by atoms with E-state index in [0.717, 1.165) is 25.2 Å². The zero-order chi connectivity index (χ0) is 64.1. The highest BCUT2D eigenvalue weighted by Crippen LogP contribution is 2.42. The third-order valence-electron chi connectivity index (χ3n) is 14.3. The molecule has 0 amide bonds. The highest BCUT2D eigenvalue weighted by molar-refractivity contribution is 5.90. The summed E-state index contributed by atoms with van der Waals surface area (Å²) < 4.78 is 72.1. The summed E-state index contributed by atoms with van der Waals surface area (Å²) in [5.41, 5.74) is 1.05. The molecule has 0 aliphatic carbocycles. The molecule has 4 fully saturated rings. The maximum absolute atomic E-state index is 14.2. The van der Waals surface area contributed by atoms with Gasteiger partial charge in [0.15, 0.2) is 31.1 Å². The van der Waals surface area contributed by atoms with Crippen molar-refractivity contribution in [2.24, 2.45) is 0 Å². The topological polar surface area (TPSA) is 439 Å². The Hall–Kier alpha value is -7.79. The van der Waals surface area contributed by atoms with Gasteiger partial charge in [-0.2, -0.15) is 0 Å². The molecule has 29 heteroatoms. The zero-order valence-corrected chi connectivity index (χ0v) is 47.0. The van der Waals surface area contributed by atoms with Crippen LogP contribution in [-0.4, -0.2) is 240 Å². The molecule has 29 nitrogen and oxygen atoms in total. The minimum absolute atomic E-state index is 0.0540. The van der Waals surface area contributed by atoms with Crippen LogP contribution in [0.25, 0.3) is 18.2 Å². The molecule has 19 atom stereocenters. The first kappa shape index (κ1) is 67.1. The summed E-state index contributed by atoms with van der Waals surface area (Å²) >= 11 is 0. The van der Waals surface area contributed by atoms with Crippen molar-refractivity contribution in [1.82, 2.24) is 0 Å². The number of carbonyl (C=O) groups is 5. The van der Waals surface area contributed by atoms with Crippen molar-refractivity contribution in [1.29, 1.82) is 0 Å². The fourth-order valence-corrected chi connectivity index (χ4v) is 9.61. The molecule has 0 bridgehead atoms. The van der Waals surface area contributed by atoms with Gasteiger partial charge in [-0.05, 0) is 83.4 Å². The Labute approximate surface area is 505 Å². The number of hydrogen-bond acceptors (Lipinski definition) is 29. The quantitative estimate of drug-likeness (QED) is 0.0231. The average molecular weight is 1250 g/mol. The second-order valence-electron chi connectivity index (χ2n) is 20.6. The second-order valence-corrected chi connectivity index (χ2v) is 20.6. The molecule has 4 aromatic rings. The summed E-state index contributed by atoms with van der Waals surface area (Å²) in [7, 11) is 0. The fourth-order valence-electron chi connectivity index (χ4n) is 9.61. The van der Waals surface area contributed by atoms with Crippen molar-refractivity contribution in [3.05, 3.63) is 144 Å². The number of aromatic hydroxyl groups is 3. The normalized spacial score (nSPS) is 32.2. The number of hydrogen-bond donors (Lipinski definition) is 12. The molecule has 0 radical (unpaired) electrons. The number of esters is 5. The van der Waals surface area contributed by atoms with E-state index in [-0.39, 0.29) is 22.8 Å². The first-order chi connectivity index (χ1) is 42.6. The molecule has 19 unspecified atom stereocenters. The molecule has 4 saturated heterocycles. The smallest absolute Gasteiger partial charge is 0.338 e. The maximum atomic E-state index is 14.2. The Morgan fingerprint density at radius 3 is 1.45 bits per heavy atom. The minimum Gasteiger partial charge on any atom is -0.508 e. The van der Waals surface area contributed by atoms with Crippen LogP contribution < -0.4 is 0 Å². The summed E-state index contributed by atoms with van der Waals surface area (Å²) in [5.74, 6) is -8.81. The highest BCUT2D eigenvalue weighted by atomic mass is 16.8. The van der Waals surface area contributed by atoms with Crippen LogP contribution in [0.15, 0.2) is 121 Å². The number of carbonyl (C=O) groups excluding carboxylic acids is 5. The van der Waals surface area contributed by atoms with E-state index in [9.17, 15) is 85.3 Å². The van der Waals surface area contributed by atoms with Gasteiger partial charge >= 0.3 is 29.8 Å². The summed E-state index contributed by atoms with van der Waals surface area (Å²) in [6.45, 7) is -4.19. The molecule has 4 aliphatic rings. The predicted molar refractivity (Wildman–Crippen MR) is 296 cm³/mol. The van der Waals surface area contributed by atoms with E-state index in [1.165, 1.54) is 115 Å². The van der Waals surface area contributed by atoms with Crippen molar-refractivity contribution in [3.63, 3.8) is 0 Å². The Bertz CT molecular complexity index is 3090. The third kappa shape index (κ3) is 17.1. The van der Waals surface area contributed by atoms with Gasteiger partial charge in [0.05, 0.1) is 18.8 Å². The van der Waals surface area contributed by atoms with Gasteiger partial charge in [-0.1, -0.05) is 54.6 Å². The van der Waals surface area contributed by atoms with E-state index in [0.29, 0.717) is 16.7 Å². The Kier molecular flexibility index (Phi) is 23.1. The standard InChI is InChI=1S/C60H66O29/c1-30(63)78-28-41-52(84-44(69)24-15-33-11-20-37(66)21-12-33)53(85-58-51(76)49(74)46(71)40(82-58)27-79-42(67)22-13-31-7-16-35(64)17-8-31)54(86-57-50(75)48(73)45(70)38(25-61)81-57)59(83-41)89-60(29-80-43(68)23-14-32-9-18-36(65)19-10-32)55(47(72)39(26-62)88-60)87-56(77)34-5-3-2-4-6-34/h2-24,38-41,45-55,57-59,61-62,64-66,70-76H,25-29H2,1H3. The van der Waals surface area contributed by atoms with Crippen LogP contribution in [0.1, 0.15) is 34.0 Å². The van der Waals surface area contributed by atoms with Gasteiger partial charge in [-0.25, -0.2) is 19.2 Å². The Morgan fingerprint density at radius 1 is 0.472 bits per heavy atom. The lowest BCUT2D eigenvalue weighted by Crippen LogP contribution is -2.69. The molecule has 0 saturated carbocycles. The molecule has 4 aromatic carbocycles. The minimum atomic E-state index is -2.94. The number of phenols is 3. The van der Waals surface area contributed by atoms with E-state index in [4.69, 9.17) is 56.8 Å². The van der Waals surface area contributed by atoms with Crippen LogP contribution in [-0.2, 0) is 76.0 Å². The summed E-state index contributed by atoms with van der Waals surface area (Å²) in [6.07, 6.45) is -31.9. The molecule has 4 heterocycles. The number of aliphatic hydroxyl groups excluding tert-OH is 9. The number of benzene rings is 4. The summed E-state index contributed by atoms with van der Waals surface area (Å²) in [5, 5.41) is 130. The van der Waals surface area contributed by atoms with Gasteiger partial charge in [0.2, 0.25) is 5.79 Å². The van der Waals surface area contributed by atoms with Gasteiger partial charge < -0.3 is 118 Å². The van der Waals surface area contributed by atoms with Gasteiger partial charge in [0, 0.05) is 25.2 Å². The van der Waals surface area contributed by atoms with Crippen LogP contribution in [0.3, 0.4) is 0 Å². The number of rotatable bonds is 23. The molecular formula is C60H66O29. The largest absolute Gasteiger partial charge is 0.508 e. The van der Waals surface area contributed by atoms with Crippen molar-refractivity contribution < 1.29 is 142 Å². The molecule has 89 heavy (non-hydrogen) atoms. The van der Waals surface area contributed by atoms with E-state index in [2.05, 4.69) is 0 Å². The molecule has 0 spiro atoms. The summed E-state index contributed by atoms with van der Waals surface area (Å²) in [4.78, 5) is 67.6. The van der Waals surface area contributed by atoms with E-state index in [1.54, 1.807) is 6.07 Å². The van der Waals surface area contributed by atoms with Crippen LogP contribution in [0.2, 0.25) is 0 Å². The van der Waals surface area contributed by atoms with Crippen LogP contribution in [0.4, 0.5) is 0 Å². The lowest BCUT2D eigenvalue weighted by atomic mass is 9.95. The molecule has 4 aliphatic heterocycles. The SMILES string of the molecule is CC(=O)OCC1OC(OC2(COC(=O)C=Cc3ccc(O)cc3)OC(CO)C(O)C2OC(=O)c2ccccc2)C(OC2OC(CO)C(O)C(O)C2O)C(OC2OC(COC(=O)C=Cc3ccc(O)cc3)C(O)C(O)C2O)C1OC(=O)C=Cc1ccc(O)cc1. The van der Waals surface area contributed by atoms with E-state index in [1.807, 2.05) is 0 Å². The first-order valence-electron chi connectivity index (χ1n) is 27.5. The monoisotopic (exact) mass is 1250 g/mol. The van der Waals surface area contributed by atoms with Gasteiger partial charge in [-0.15, -0.1) is 0 Å². The maximum Gasteiger partial charge on any atom is 0.338 e. The van der Waals surface area contributed by atoms with Crippen molar-refractivity contribution in [3.8, 4) is 17.2 Å². The van der Waals surface area contributed by atoms with Crippen LogP contribution in [0, 0.1) is 0 Å². The summed E-state index contributed by atoms with van der Waals surface area (Å²) in [6, 6.07) is 23.8. The number of ether oxygens (including phenoxy) is 12. The van der Waals surface area contributed by atoms with Gasteiger partial charge in [0.1, 0.15) is 116 Å². The highest BCUT2D eigenvalue weighted by Gasteiger charge is 2.64. The van der Waals surface area contributed by atoms with Crippen LogP contribution >= 0.6 is 0 Å². The van der Waals surface area contributed by atoms with E-state index < -0.39 is 179 Å². The average Bonchev–Trinajstić information content (AvgIpc) is 1.83. The van der Waals surface area contributed by atoms with Crippen LogP contribution in [0.5, 0.6) is 17.2 Å². The fraction of sp³-hybridized carbons (Fsp3) is 0.417. The lowest BCUT2D eigenvalue weighted by Gasteiger charge is -2.50. The Morgan fingerprint density at radius 2 is 0.933 bits per heavy atom. The Balaban J connectivity index is 1.25. The van der Waals surface area contributed by atoms with Gasteiger partial charge in [0.25, 0.3) is 0 Å². The third-order valence-corrected chi connectivity index (χ3v) is 14.3. The molecule has 8 rings (SSSR count). The predicted octanol–water partition coefficient (Wildman–Crippen LogP) is -1.40. The first-order valence-corrected chi connectivity index (χ1v) is 27.5. The number of aliphatic hydroxyl groups is 9. The van der Waals surface area contributed by atoms with Crippen molar-refractivity contribution in [2.45, 2.75) is 123 Å². The zero-order valence-electron chi connectivity index (χ0n) is 47.0. The van der Waals surface area contributed by atoms with Crippen molar-refractivity contribution in [2.75, 3.05) is 33.0 Å². The van der Waals surface area contributed by atoms with Crippen molar-refractivity contribution >= 4 is 48.1 Å². The lowest BCUT2D eigenvalue weighted by molar-refractivity contribution is -0.421.